The van der Waals surface area contributed by atoms with E-state index in [1.807, 2.05) is 0 Å². The maximum absolute atomic E-state index is 12.1. The standard InChI is InChI=1S/C10H10F3NO3.ClH/c1-16-9(15)8(14)6-4-2-3-5-7(6)17-10(11,12)13;/h2-5,8H,14H2,1H3;1H/t8-;/m0./s1. The number of carbonyl (C=O) groups is 1. The van der Waals surface area contributed by atoms with Crippen LogP contribution in [0.4, 0.5) is 13.2 Å². The highest BCUT2D eigenvalue weighted by molar-refractivity contribution is 5.85. The fourth-order valence-electron chi connectivity index (χ4n) is 1.21. The summed E-state index contributed by atoms with van der Waals surface area (Å²) in [6.07, 6.45) is -4.84. The van der Waals surface area contributed by atoms with Gasteiger partial charge < -0.3 is 15.2 Å². The summed E-state index contributed by atoms with van der Waals surface area (Å²) in [5, 5.41) is 0. The van der Waals surface area contributed by atoms with E-state index in [4.69, 9.17) is 5.73 Å². The summed E-state index contributed by atoms with van der Waals surface area (Å²) in [6.45, 7) is 0. The molecule has 8 heteroatoms. The Morgan fingerprint density at radius 1 is 1.33 bits per heavy atom. The molecular weight excluding hydrogens is 275 g/mol. The summed E-state index contributed by atoms with van der Waals surface area (Å²) < 4.78 is 44.4. The van der Waals surface area contributed by atoms with Gasteiger partial charge in [0.1, 0.15) is 11.8 Å². The third-order valence-electron chi connectivity index (χ3n) is 1.93. The number of para-hydroxylation sites is 1. The zero-order valence-electron chi connectivity index (χ0n) is 9.23. The van der Waals surface area contributed by atoms with Crippen LogP contribution in [-0.4, -0.2) is 19.4 Å². The van der Waals surface area contributed by atoms with Crippen molar-refractivity contribution in [2.24, 2.45) is 5.73 Å². The molecule has 0 bridgehead atoms. The lowest BCUT2D eigenvalue weighted by Crippen LogP contribution is -2.25. The van der Waals surface area contributed by atoms with Gasteiger partial charge in [-0.25, -0.2) is 0 Å². The van der Waals surface area contributed by atoms with E-state index in [9.17, 15) is 18.0 Å². The molecule has 0 saturated heterocycles. The first-order valence-corrected chi connectivity index (χ1v) is 4.53. The number of benzene rings is 1. The van der Waals surface area contributed by atoms with Crippen molar-refractivity contribution in [1.82, 2.24) is 0 Å². The highest BCUT2D eigenvalue weighted by Gasteiger charge is 2.33. The SMILES string of the molecule is COC(=O)[C@@H](N)c1ccccc1OC(F)(F)F.Cl. The molecule has 4 nitrogen and oxygen atoms in total. The quantitative estimate of drug-likeness (QED) is 0.865. The summed E-state index contributed by atoms with van der Waals surface area (Å²) in [7, 11) is 1.09. The van der Waals surface area contributed by atoms with Crippen LogP contribution in [0.2, 0.25) is 0 Å². The summed E-state index contributed by atoms with van der Waals surface area (Å²) in [5.41, 5.74) is 5.36. The molecular formula is C10H11ClF3NO3. The summed E-state index contributed by atoms with van der Waals surface area (Å²) in [6, 6.07) is 3.81. The van der Waals surface area contributed by atoms with Crippen LogP contribution < -0.4 is 10.5 Å². The van der Waals surface area contributed by atoms with Gasteiger partial charge in [-0.1, -0.05) is 18.2 Å². The van der Waals surface area contributed by atoms with Crippen LogP contribution in [0, 0.1) is 0 Å². The van der Waals surface area contributed by atoms with Crippen LogP contribution in [0.25, 0.3) is 0 Å². The molecule has 0 spiro atoms. The van der Waals surface area contributed by atoms with Crippen LogP contribution in [0.5, 0.6) is 5.75 Å². The molecule has 102 valence electrons. The zero-order chi connectivity index (χ0) is 13.1. The van der Waals surface area contributed by atoms with E-state index >= 15 is 0 Å². The molecule has 0 aromatic heterocycles. The third kappa shape index (κ3) is 4.42. The van der Waals surface area contributed by atoms with Crippen LogP contribution in [0.1, 0.15) is 11.6 Å². The number of methoxy groups -OCH3 is 1. The Morgan fingerprint density at radius 2 is 1.89 bits per heavy atom. The van der Waals surface area contributed by atoms with Gasteiger partial charge in [-0.05, 0) is 6.07 Å². The Labute approximate surface area is 107 Å². The second-order valence-electron chi connectivity index (χ2n) is 3.09. The van der Waals surface area contributed by atoms with Gasteiger partial charge >= 0.3 is 12.3 Å². The lowest BCUT2D eigenvalue weighted by atomic mass is 10.1. The van der Waals surface area contributed by atoms with Crippen molar-refractivity contribution in [2.75, 3.05) is 7.11 Å². The van der Waals surface area contributed by atoms with Crippen molar-refractivity contribution in [3.63, 3.8) is 0 Å². The number of nitrogens with two attached hydrogens (primary N) is 1. The number of esters is 1. The van der Waals surface area contributed by atoms with Crippen LogP contribution >= 0.6 is 12.4 Å². The molecule has 1 atom stereocenters. The molecule has 1 rings (SSSR count). The molecule has 0 heterocycles. The van der Waals surface area contributed by atoms with E-state index < -0.39 is 24.1 Å². The van der Waals surface area contributed by atoms with Crippen molar-refractivity contribution < 1.29 is 27.4 Å². The first-order chi connectivity index (χ1) is 7.85. The lowest BCUT2D eigenvalue weighted by molar-refractivity contribution is -0.275. The zero-order valence-corrected chi connectivity index (χ0v) is 10.0. The average molecular weight is 286 g/mol. The van der Waals surface area contributed by atoms with Crippen molar-refractivity contribution in [3.8, 4) is 5.75 Å². The molecule has 0 aliphatic carbocycles. The minimum atomic E-state index is -4.84. The second-order valence-corrected chi connectivity index (χ2v) is 3.09. The minimum absolute atomic E-state index is 0. The lowest BCUT2D eigenvalue weighted by Gasteiger charge is -2.16. The van der Waals surface area contributed by atoms with Crippen molar-refractivity contribution in [1.29, 1.82) is 0 Å². The van der Waals surface area contributed by atoms with Gasteiger partial charge in [-0.2, -0.15) is 0 Å². The Kier molecular flexibility index (Phi) is 5.93. The van der Waals surface area contributed by atoms with Crippen LogP contribution in [0.3, 0.4) is 0 Å². The number of alkyl halides is 3. The van der Waals surface area contributed by atoms with Gasteiger partial charge in [-0.3, -0.25) is 4.79 Å². The largest absolute Gasteiger partial charge is 0.573 e. The number of ether oxygens (including phenoxy) is 2. The normalized spacial score (nSPS) is 12.3. The van der Waals surface area contributed by atoms with E-state index in [2.05, 4.69) is 9.47 Å². The monoisotopic (exact) mass is 285 g/mol. The fraction of sp³-hybridized carbons (Fsp3) is 0.300. The molecule has 1 aromatic carbocycles. The topological polar surface area (TPSA) is 61.5 Å². The summed E-state index contributed by atoms with van der Waals surface area (Å²) in [5.74, 6) is -1.36. The maximum Gasteiger partial charge on any atom is 0.573 e. The Hall–Kier alpha value is -1.47. The highest BCUT2D eigenvalue weighted by Crippen LogP contribution is 2.29. The molecule has 0 aliphatic heterocycles. The van der Waals surface area contributed by atoms with Gasteiger partial charge in [0.25, 0.3) is 0 Å². The van der Waals surface area contributed by atoms with Crippen molar-refractivity contribution in [3.05, 3.63) is 29.8 Å². The number of halogens is 4. The molecule has 0 unspecified atom stereocenters. The predicted molar refractivity (Wildman–Crippen MR) is 59.3 cm³/mol. The van der Waals surface area contributed by atoms with Crippen molar-refractivity contribution >= 4 is 18.4 Å². The second kappa shape index (κ2) is 6.46. The van der Waals surface area contributed by atoms with E-state index in [1.165, 1.54) is 18.2 Å². The molecule has 18 heavy (non-hydrogen) atoms. The van der Waals surface area contributed by atoms with E-state index in [0.29, 0.717) is 0 Å². The van der Waals surface area contributed by atoms with Crippen LogP contribution in [0.15, 0.2) is 24.3 Å². The highest BCUT2D eigenvalue weighted by atomic mass is 35.5. The Morgan fingerprint density at radius 3 is 2.39 bits per heavy atom. The number of carbonyl (C=O) groups excluding carboxylic acids is 1. The third-order valence-corrected chi connectivity index (χ3v) is 1.93. The maximum atomic E-state index is 12.1. The summed E-state index contributed by atoms with van der Waals surface area (Å²) in [4.78, 5) is 11.1. The van der Waals surface area contributed by atoms with Gasteiger partial charge in [0, 0.05) is 5.56 Å². The number of hydrogen-bond acceptors (Lipinski definition) is 4. The minimum Gasteiger partial charge on any atom is -0.468 e. The predicted octanol–water partition coefficient (Wildman–Crippen LogP) is 2.18. The number of rotatable bonds is 3. The fourth-order valence-corrected chi connectivity index (χ4v) is 1.21. The van der Waals surface area contributed by atoms with Crippen molar-refractivity contribution in [2.45, 2.75) is 12.4 Å². The number of hydrogen-bond donors (Lipinski definition) is 1. The van der Waals surface area contributed by atoms with Crippen LogP contribution in [-0.2, 0) is 9.53 Å². The first-order valence-electron chi connectivity index (χ1n) is 4.53. The molecule has 0 aliphatic rings. The molecule has 0 fully saturated rings. The molecule has 1 aromatic rings. The molecule has 0 radical (unpaired) electrons. The molecule has 0 amide bonds. The van der Waals surface area contributed by atoms with E-state index in [1.54, 1.807) is 0 Å². The van der Waals surface area contributed by atoms with Gasteiger partial charge in [0.15, 0.2) is 0 Å². The van der Waals surface area contributed by atoms with Gasteiger partial charge in [-0.15, -0.1) is 25.6 Å². The van der Waals surface area contributed by atoms with Gasteiger partial charge in [0.2, 0.25) is 0 Å². The van der Waals surface area contributed by atoms with E-state index in [-0.39, 0.29) is 18.0 Å². The van der Waals surface area contributed by atoms with Gasteiger partial charge in [0.05, 0.1) is 7.11 Å². The Bertz CT molecular complexity index is 412. The van der Waals surface area contributed by atoms with E-state index in [0.717, 1.165) is 13.2 Å². The Balaban J connectivity index is 0.00000289. The first kappa shape index (κ1) is 16.5. The smallest absolute Gasteiger partial charge is 0.468 e. The molecule has 0 saturated carbocycles. The average Bonchev–Trinajstić information content (AvgIpc) is 2.25. The summed E-state index contributed by atoms with van der Waals surface area (Å²) >= 11 is 0. The molecule has 2 N–H and O–H groups in total.